The van der Waals surface area contributed by atoms with Gasteiger partial charge in [-0.15, -0.1) is 0 Å². The second-order valence-electron chi connectivity index (χ2n) is 5.96. The molecule has 0 atom stereocenters. The van der Waals surface area contributed by atoms with Crippen molar-refractivity contribution in [2.24, 2.45) is 0 Å². The van der Waals surface area contributed by atoms with Crippen molar-refractivity contribution < 1.29 is 4.74 Å². The molecule has 3 rings (SSSR count). The van der Waals surface area contributed by atoms with Gasteiger partial charge in [-0.1, -0.05) is 12.1 Å². The van der Waals surface area contributed by atoms with Gasteiger partial charge in [-0.2, -0.15) is 10.2 Å². The van der Waals surface area contributed by atoms with Crippen molar-refractivity contribution in [2.75, 3.05) is 5.32 Å². The van der Waals surface area contributed by atoms with Crippen molar-refractivity contribution in [1.82, 2.24) is 9.55 Å². The van der Waals surface area contributed by atoms with E-state index in [9.17, 15) is 4.79 Å². The first kappa shape index (κ1) is 14.1. The number of fused-ring (bicyclic) bond motifs is 1. The molecule has 1 aliphatic rings. The topological polar surface area (TPSA) is 79.9 Å². The molecule has 0 unspecified atom stereocenters. The highest BCUT2D eigenvalue weighted by molar-refractivity contribution is 5.45. The molecule has 0 saturated heterocycles. The highest BCUT2D eigenvalue weighted by Gasteiger charge is 2.29. The fourth-order valence-electron chi connectivity index (χ4n) is 2.48. The van der Waals surface area contributed by atoms with E-state index in [1.807, 2.05) is 19.9 Å². The maximum atomic E-state index is 12.0. The van der Waals surface area contributed by atoms with Gasteiger partial charge in [0.1, 0.15) is 12.4 Å². The van der Waals surface area contributed by atoms with Crippen LogP contribution in [0.15, 0.2) is 35.1 Å². The first-order valence-electron chi connectivity index (χ1n) is 6.99. The Balaban J connectivity index is 1.79. The molecule has 0 fully saturated rings. The number of anilines is 1. The maximum absolute atomic E-state index is 12.0. The minimum atomic E-state index is -0.323. The molecular formula is C16H16N4O2. The van der Waals surface area contributed by atoms with Crippen LogP contribution < -0.4 is 15.7 Å². The fourth-order valence-corrected chi connectivity index (χ4v) is 2.48. The highest BCUT2D eigenvalue weighted by atomic mass is 16.5. The van der Waals surface area contributed by atoms with Gasteiger partial charge in [0.25, 0.3) is 0 Å². The normalized spacial score (nSPS) is 14.8. The number of ether oxygens (including phenoxy) is 1. The van der Waals surface area contributed by atoms with Crippen LogP contribution in [0, 0.1) is 11.3 Å². The smallest absolute Gasteiger partial charge is 0.352 e. The molecule has 6 nitrogen and oxygen atoms in total. The fraction of sp³-hybridized carbons (Fsp3) is 0.312. The number of aromatic nitrogens is 2. The molecule has 0 radical (unpaired) electrons. The summed E-state index contributed by atoms with van der Waals surface area (Å²) in [6.45, 7) is 4.88. The molecule has 2 aromatic rings. The van der Waals surface area contributed by atoms with Gasteiger partial charge in [0, 0.05) is 6.07 Å². The molecule has 0 amide bonds. The van der Waals surface area contributed by atoms with Crippen molar-refractivity contribution in [1.29, 1.82) is 5.26 Å². The molecule has 0 aliphatic carbocycles. The van der Waals surface area contributed by atoms with Crippen LogP contribution in [0.5, 0.6) is 5.88 Å². The summed E-state index contributed by atoms with van der Waals surface area (Å²) in [5, 5.41) is 12.2. The lowest BCUT2D eigenvalue weighted by Crippen LogP contribution is -2.30. The molecule has 0 spiro atoms. The van der Waals surface area contributed by atoms with Gasteiger partial charge in [-0.3, -0.25) is 4.57 Å². The van der Waals surface area contributed by atoms with Crippen molar-refractivity contribution in [3.63, 3.8) is 0 Å². The molecule has 112 valence electrons. The minimum absolute atomic E-state index is 0.173. The Hall–Kier alpha value is -2.81. The Morgan fingerprint density at radius 2 is 2.27 bits per heavy atom. The predicted octanol–water partition coefficient (Wildman–Crippen LogP) is 1.90. The van der Waals surface area contributed by atoms with Crippen LogP contribution in [0.2, 0.25) is 0 Å². The summed E-state index contributed by atoms with van der Waals surface area (Å²) in [6.07, 6.45) is 0. The third kappa shape index (κ3) is 2.79. The Labute approximate surface area is 128 Å². The average molecular weight is 296 g/mol. The van der Waals surface area contributed by atoms with Crippen molar-refractivity contribution in [2.45, 2.75) is 32.5 Å². The average Bonchev–Trinajstić information content (AvgIpc) is 2.80. The zero-order valence-electron chi connectivity index (χ0n) is 12.5. The molecule has 22 heavy (non-hydrogen) atoms. The molecule has 0 bridgehead atoms. The van der Waals surface area contributed by atoms with Crippen LogP contribution >= 0.6 is 0 Å². The van der Waals surface area contributed by atoms with Gasteiger partial charge in [-0.05, 0) is 31.5 Å². The van der Waals surface area contributed by atoms with E-state index in [0.29, 0.717) is 17.9 Å². The summed E-state index contributed by atoms with van der Waals surface area (Å²) in [4.78, 5) is 16.0. The van der Waals surface area contributed by atoms with Crippen molar-refractivity contribution in [3.05, 3.63) is 51.9 Å². The number of benzene rings is 1. The molecule has 1 N–H and O–H groups in total. The van der Waals surface area contributed by atoms with Gasteiger partial charge in [0.05, 0.1) is 23.7 Å². The first-order chi connectivity index (χ1) is 10.5. The lowest BCUT2D eigenvalue weighted by Gasteiger charge is -2.16. The van der Waals surface area contributed by atoms with Crippen LogP contribution in [0.3, 0.4) is 0 Å². The number of nitriles is 1. The van der Waals surface area contributed by atoms with E-state index >= 15 is 0 Å². The van der Waals surface area contributed by atoms with E-state index in [1.54, 1.807) is 28.8 Å². The van der Waals surface area contributed by atoms with Crippen molar-refractivity contribution >= 4 is 5.82 Å². The Morgan fingerprint density at radius 3 is 3.05 bits per heavy atom. The van der Waals surface area contributed by atoms with Crippen LogP contribution in [0.25, 0.3) is 0 Å². The minimum Gasteiger partial charge on any atom is -0.473 e. The van der Waals surface area contributed by atoms with Crippen molar-refractivity contribution in [3.8, 4) is 11.9 Å². The van der Waals surface area contributed by atoms with E-state index < -0.39 is 0 Å². The van der Waals surface area contributed by atoms with Crippen LogP contribution in [0.1, 0.15) is 25.0 Å². The number of hydrogen-bond donors (Lipinski definition) is 1. The Bertz CT molecular complexity index is 818. The molecular weight excluding hydrogens is 280 g/mol. The second-order valence-corrected chi connectivity index (χ2v) is 5.96. The summed E-state index contributed by atoms with van der Waals surface area (Å²) in [5.74, 6) is 0.995. The number of hydrogen-bond acceptors (Lipinski definition) is 5. The highest BCUT2D eigenvalue weighted by Crippen LogP contribution is 2.25. The second kappa shape index (κ2) is 5.19. The predicted molar refractivity (Wildman–Crippen MR) is 81.7 cm³/mol. The molecule has 1 aromatic carbocycles. The van der Waals surface area contributed by atoms with E-state index in [1.165, 1.54) is 0 Å². The number of nitrogens with zero attached hydrogens (tertiary/aromatic N) is 3. The lowest BCUT2D eigenvalue weighted by molar-refractivity contribution is 0.291. The van der Waals surface area contributed by atoms with Gasteiger partial charge in [0.2, 0.25) is 5.88 Å². The van der Waals surface area contributed by atoms with Gasteiger partial charge >= 0.3 is 5.69 Å². The third-order valence-corrected chi connectivity index (χ3v) is 3.45. The summed E-state index contributed by atoms with van der Waals surface area (Å²) < 4.78 is 7.19. The zero-order chi connectivity index (χ0) is 15.7. The third-order valence-electron chi connectivity index (χ3n) is 3.45. The number of rotatable bonds is 3. The monoisotopic (exact) mass is 296 g/mol. The standard InChI is InChI=1S/C16H16N4O2/c1-16(2)10-20-13(19-16)7-14(18-15(20)21)22-9-12-5-3-4-11(6-12)8-17/h3-7,19H,9-10H2,1-2H3. The maximum Gasteiger partial charge on any atom is 0.352 e. The molecule has 0 saturated carbocycles. The van der Waals surface area contributed by atoms with Crippen LogP contribution in [0.4, 0.5) is 5.82 Å². The first-order valence-corrected chi connectivity index (χ1v) is 6.99. The molecule has 1 aromatic heterocycles. The van der Waals surface area contributed by atoms with Gasteiger partial charge in [0.15, 0.2) is 0 Å². The van der Waals surface area contributed by atoms with E-state index in [2.05, 4.69) is 16.4 Å². The Morgan fingerprint density at radius 1 is 1.45 bits per heavy atom. The zero-order valence-corrected chi connectivity index (χ0v) is 12.5. The molecule has 2 heterocycles. The van der Waals surface area contributed by atoms with E-state index in [-0.39, 0.29) is 23.7 Å². The summed E-state index contributed by atoms with van der Waals surface area (Å²) in [7, 11) is 0. The van der Waals surface area contributed by atoms with Gasteiger partial charge in [-0.25, -0.2) is 4.79 Å². The van der Waals surface area contributed by atoms with Crippen LogP contribution in [-0.4, -0.2) is 15.1 Å². The van der Waals surface area contributed by atoms with Gasteiger partial charge < -0.3 is 10.1 Å². The molecule has 6 heteroatoms. The largest absolute Gasteiger partial charge is 0.473 e. The number of nitrogens with one attached hydrogen (secondary N) is 1. The quantitative estimate of drug-likeness (QED) is 0.935. The Kier molecular flexibility index (Phi) is 3.33. The molecule has 1 aliphatic heterocycles. The van der Waals surface area contributed by atoms with Crippen LogP contribution in [-0.2, 0) is 13.2 Å². The van der Waals surface area contributed by atoms with E-state index in [4.69, 9.17) is 10.00 Å². The summed E-state index contributed by atoms with van der Waals surface area (Å²) in [6, 6.07) is 11.0. The lowest BCUT2D eigenvalue weighted by atomic mass is 10.1. The summed E-state index contributed by atoms with van der Waals surface area (Å²) >= 11 is 0. The van der Waals surface area contributed by atoms with E-state index in [0.717, 1.165) is 5.56 Å². The SMILES string of the molecule is CC1(C)Cn2c(cc(OCc3cccc(C#N)c3)nc2=O)N1. The summed E-state index contributed by atoms with van der Waals surface area (Å²) in [5.41, 5.74) is 0.936.